The number of ether oxygens (including phenoxy) is 2. The normalized spacial score (nSPS) is 10.9. The predicted molar refractivity (Wildman–Crippen MR) is 83.0 cm³/mol. The first-order valence-corrected chi connectivity index (χ1v) is 7.34. The van der Waals surface area contributed by atoms with Crippen LogP contribution in [0.2, 0.25) is 5.02 Å². The fraction of sp³-hybridized carbons (Fsp3) is 0.294. The average Bonchev–Trinajstić information content (AvgIpc) is 2.50. The summed E-state index contributed by atoms with van der Waals surface area (Å²) < 4.78 is 33.9. The van der Waals surface area contributed by atoms with Crippen LogP contribution >= 0.6 is 11.6 Å². The summed E-state index contributed by atoms with van der Waals surface area (Å²) in [6, 6.07) is 15.3. The summed E-state index contributed by atoms with van der Waals surface area (Å²) in [5.41, 5.74) is 2.19. The second-order valence-corrected chi connectivity index (χ2v) is 5.13. The van der Waals surface area contributed by atoms with Crippen LogP contribution in [0.1, 0.15) is 11.1 Å². The van der Waals surface area contributed by atoms with Crippen LogP contribution in [0.15, 0.2) is 48.5 Å². The van der Waals surface area contributed by atoms with Crippen LogP contribution in [0.4, 0.5) is 8.78 Å². The minimum absolute atomic E-state index is 0.145. The van der Waals surface area contributed by atoms with E-state index in [1.54, 1.807) is 0 Å². The molecule has 5 heteroatoms. The lowest BCUT2D eigenvalue weighted by molar-refractivity contribution is 0.00763. The van der Waals surface area contributed by atoms with Gasteiger partial charge in [0.25, 0.3) is 6.43 Å². The smallest absolute Gasteiger partial charge is 0.261 e. The molecule has 0 spiro atoms. The van der Waals surface area contributed by atoms with Crippen LogP contribution in [0, 0.1) is 0 Å². The van der Waals surface area contributed by atoms with Crippen molar-refractivity contribution in [3.8, 4) is 5.75 Å². The monoisotopic (exact) mass is 326 g/mol. The maximum atomic E-state index is 11.9. The van der Waals surface area contributed by atoms with Crippen LogP contribution in [0.5, 0.6) is 5.75 Å². The summed E-state index contributed by atoms with van der Waals surface area (Å²) in [7, 11) is 0. The molecule has 0 fully saturated rings. The summed E-state index contributed by atoms with van der Waals surface area (Å²) >= 11 is 6.13. The highest BCUT2D eigenvalue weighted by molar-refractivity contribution is 6.31. The predicted octanol–water partition coefficient (Wildman–Crippen LogP) is 4.59. The van der Waals surface area contributed by atoms with Gasteiger partial charge in [-0.25, -0.2) is 8.78 Å². The van der Waals surface area contributed by atoms with E-state index >= 15 is 0 Å². The Morgan fingerprint density at radius 2 is 1.68 bits per heavy atom. The molecule has 118 valence electrons. The van der Waals surface area contributed by atoms with Crippen molar-refractivity contribution in [1.29, 1.82) is 0 Å². The molecular weight excluding hydrogens is 310 g/mol. The standard InChI is InChI=1S/C17H17ClF2O2/c18-16-4-2-1-3-14(16)11-13-5-7-15(8-6-13)22-10-9-21-12-17(19)20/h1-8,17H,9-12H2. The van der Waals surface area contributed by atoms with Crippen molar-refractivity contribution >= 4 is 11.6 Å². The maximum Gasteiger partial charge on any atom is 0.261 e. The molecule has 2 aromatic carbocycles. The molecule has 0 aliphatic heterocycles. The molecule has 2 rings (SSSR count). The molecule has 2 nitrogen and oxygen atoms in total. The van der Waals surface area contributed by atoms with Gasteiger partial charge in [0.05, 0.1) is 6.61 Å². The van der Waals surface area contributed by atoms with Crippen molar-refractivity contribution in [2.45, 2.75) is 12.8 Å². The Hall–Kier alpha value is -1.65. The lowest BCUT2D eigenvalue weighted by Gasteiger charge is -2.08. The molecule has 0 aliphatic rings. The maximum absolute atomic E-state index is 11.9. The summed E-state index contributed by atoms with van der Waals surface area (Å²) in [5.74, 6) is 0.684. The summed E-state index contributed by atoms with van der Waals surface area (Å²) in [5, 5.41) is 0.749. The van der Waals surface area contributed by atoms with Gasteiger partial charge in [0.1, 0.15) is 19.0 Å². The van der Waals surface area contributed by atoms with Gasteiger partial charge in [-0.1, -0.05) is 41.9 Å². The summed E-state index contributed by atoms with van der Waals surface area (Å²) in [6.07, 6.45) is -1.69. The molecule has 0 amide bonds. The Labute approximate surface area is 133 Å². The largest absolute Gasteiger partial charge is 0.491 e. The lowest BCUT2D eigenvalue weighted by atomic mass is 10.1. The number of halogens is 3. The van der Waals surface area contributed by atoms with Crippen molar-refractivity contribution in [2.75, 3.05) is 19.8 Å². The van der Waals surface area contributed by atoms with Crippen LogP contribution in [0.25, 0.3) is 0 Å². The fourth-order valence-corrected chi connectivity index (χ4v) is 2.16. The highest BCUT2D eigenvalue weighted by Crippen LogP contribution is 2.20. The first kappa shape index (κ1) is 16.7. The topological polar surface area (TPSA) is 18.5 Å². The molecule has 0 saturated heterocycles. The Morgan fingerprint density at radius 1 is 0.955 bits per heavy atom. The van der Waals surface area contributed by atoms with E-state index in [1.165, 1.54) is 0 Å². The van der Waals surface area contributed by atoms with Gasteiger partial charge in [-0.3, -0.25) is 0 Å². The Kier molecular flexibility index (Phi) is 6.62. The van der Waals surface area contributed by atoms with Crippen molar-refractivity contribution < 1.29 is 18.3 Å². The average molecular weight is 327 g/mol. The van der Waals surface area contributed by atoms with Gasteiger partial charge in [0.2, 0.25) is 0 Å². The molecule has 0 N–H and O–H groups in total. The van der Waals surface area contributed by atoms with Gasteiger partial charge in [0.15, 0.2) is 0 Å². The van der Waals surface area contributed by atoms with E-state index in [0.29, 0.717) is 5.75 Å². The van der Waals surface area contributed by atoms with Crippen molar-refractivity contribution in [1.82, 2.24) is 0 Å². The summed E-state index contributed by atoms with van der Waals surface area (Å²) in [4.78, 5) is 0. The third-order valence-electron chi connectivity index (χ3n) is 3.02. The Bertz CT molecular complexity index is 573. The Balaban J connectivity index is 1.79. The van der Waals surface area contributed by atoms with E-state index in [0.717, 1.165) is 22.6 Å². The van der Waals surface area contributed by atoms with Gasteiger partial charge < -0.3 is 9.47 Å². The molecule has 0 bridgehead atoms. The van der Waals surface area contributed by atoms with E-state index in [-0.39, 0.29) is 13.2 Å². The molecular formula is C17H17ClF2O2. The molecule has 22 heavy (non-hydrogen) atoms. The first-order chi connectivity index (χ1) is 10.6. The Morgan fingerprint density at radius 3 is 2.36 bits per heavy atom. The molecule has 0 heterocycles. The quantitative estimate of drug-likeness (QED) is 0.660. The lowest BCUT2D eigenvalue weighted by Crippen LogP contribution is -2.11. The SMILES string of the molecule is FC(F)COCCOc1ccc(Cc2ccccc2Cl)cc1. The first-order valence-electron chi connectivity index (χ1n) is 6.96. The zero-order valence-electron chi connectivity index (χ0n) is 12.0. The van der Waals surface area contributed by atoms with Crippen LogP contribution < -0.4 is 4.74 Å². The summed E-state index contributed by atoms with van der Waals surface area (Å²) in [6.45, 7) is -0.164. The van der Waals surface area contributed by atoms with Crippen molar-refractivity contribution in [2.24, 2.45) is 0 Å². The molecule has 0 aromatic heterocycles. The van der Waals surface area contributed by atoms with Crippen LogP contribution in [0.3, 0.4) is 0 Å². The zero-order valence-corrected chi connectivity index (χ0v) is 12.7. The van der Waals surface area contributed by atoms with Gasteiger partial charge >= 0.3 is 0 Å². The van der Waals surface area contributed by atoms with Gasteiger partial charge in [0, 0.05) is 5.02 Å². The molecule has 0 aliphatic carbocycles. The zero-order chi connectivity index (χ0) is 15.8. The third kappa shape index (κ3) is 5.62. The van der Waals surface area contributed by atoms with E-state index < -0.39 is 13.0 Å². The molecule has 0 saturated carbocycles. The van der Waals surface area contributed by atoms with Crippen LogP contribution in [-0.4, -0.2) is 26.2 Å². The fourth-order valence-electron chi connectivity index (χ4n) is 1.96. The molecule has 2 aromatic rings. The van der Waals surface area contributed by atoms with E-state index in [4.69, 9.17) is 21.1 Å². The molecule has 0 radical (unpaired) electrons. The minimum Gasteiger partial charge on any atom is -0.491 e. The highest BCUT2D eigenvalue weighted by atomic mass is 35.5. The number of hydrogen-bond donors (Lipinski definition) is 0. The van der Waals surface area contributed by atoms with E-state index in [9.17, 15) is 8.78 Å². The van der Waals surface area contributed by atoms with E-state index in [1.807, 2.05) is 48.5 Å². The number of hydrogen-bond acceptors (Lipinski definition) is 2. The second-order valence-electron chi connectivity index (χ2n) is 4.73. The van der Waals surface area contributed by atoms with E-state index in [2.05, 4.69) is 0 Å². The van der Waals surface area contributed by atoms with Gasteiger partial charge in [-0.05, 0) is 35.7 Å². The minimum atomic E-state index is -2.44. The third-order valence-corrected chi connectivity index (χ3v) is 3.38. The van der Waals surface area contributed by atoms with Gasteiger partial charge in [-0.2, -0.15) is 0 Å². The van der Waals surface area contributed by atoms with Crippen LogP contribution in [-0.2, 0) is 11.2 Å². The number of alkyl halides is 2. The van der Waals surface area contributed by atoms with Crippen molar-refractivity contribution in [3.05, 3.63) is 64.7 Å². The second kappa shape index (κ2) is 8.71. The number of benzene rings is 2. The van der Waals surface area contributed by atoms with Crippen molar-refractivity contribution in [3.63, 3.8) is 0 Å². The number of rotatable bonds is 8. The molecule has 0 atom stereocenters. The van der Waals surface area contributed by atoms with Gasteiger partial charge in [-0.15, -0.1) is 0 Å². The highest BCUT2D eigenvalue weighted by Gasteiger charge is 2.03. The molecule has 0 unspecified atom stereocenters.